The topological polar surface area (TPSA) is 38.0 Å². The van der Waals surface area contributed by atoms with E-state index >= 15 is 0 Å². The molecule has 8 heavy (non-hydrogen) atoms. The lowest BCUT2D eigenvalue weighted by Gasteiger charge is -2.27. The summed E-state index contributed by atoms with van der Waals surface area (Å²) in [6.07, 6.45) is 2.21. The third-order valence-electron chi connectivity index (χ3n) is 1.43. The highest BCUT2D eigenvalue weighted by atomic mass is 127. The van der Waals surface area contributed by atoms with E-state index in [9.17, 15) is 0 Å². The summed E-state index contributed by atoms with van der Waals surface area (Å²) in [7, 11) is 0. The van der Waals surface area contributed by atoms with Crippen molar-refractivity contribution < 1.29 is 0 Å². The molecule has 0 amide bonds. The maximum Gasteiger partial charge on any atom is 0.0704 e. The van der Waals surface area contributed by atoms with Crippen LogP contribution in [0.5, 0.6) is 0 Å². The molecular formula is C5H11IN2. The van der Waals surface area contributed by atoms with Crippen molar-refractivity contribution in [3.05, 3.63) is 0 Å². The summed E-state index contributed by atoms with van der Waals surface area (Å²) in [6, 6.07) is 0. The van der Waals surface area contributed by atoms with Crippen LogP contribution in [0.1, 0.15) is 12.8 Å². The standard InChI is InChI=1S/C5H11IN2/c6-5(7)1-3-8-4-2-5/h8H,1-4,7H2. The van der Waals surface area contributed by atoms with Gasteiger partial charge in [-0.2, -0.15) is 0 Å². The van der Waals surface area contributed by atoms with Gasteiger partial charge >= 0.3 is 0 Å². The van der Waals surface area contributed by atoms with E-state index in [4.69, 9.17) is 5.73 Å². The maximum atomic E-state index is 5.82. The predicted molar refractivity (Wildman–Crippen MR) is 43.0 cm³/mol. The number of hydrogen-bond acceptors (Lipinski definition) is 2. The molecule has 0 radical (unpaired) electrons. The maximum absolute atomic E-state index is 5.82. The SMILES string of the molecule is NC1(I)CCNCC1. The zero-order valence-corrected chi connectivity index (χ0v) is 6.94. The molecule has 0 bridgehead atoms. The summed E-state index contributed by atoms with van der Waals surface area (Å²) in [4.78, 5) is 0. The molecule has 0 spiro atoms. The minimum atomic E-state index is 0.0863. The van der Waals surface area contributed by atoms with Gasteiger partial charge in [0, 0.05) is 0 Å². The Morgan fingerprint density at radius 1 is 1.38 bits per heavy atom. The van der Waals surface area contributed by atoms with E-state index in [2.05, 4.69) is 27.9 Å². The van der Waals surface area contributed by atoms with Crippen LogP contribution in [0.3, 0.4) is 0 Å². The molecule has 1 aliphatic heterocycles. The molecule has 1 saturated heterocycles. The quantitative estimate of drug-likeness (QED) is 0.357. The number of alkyl halides is 1. The van der Waals surface area contributed by atoms with Gasteiger partial charge in [-0.05, 0) is 25.9 Å². The lowest BCUT2D eigenvalue weighted by molar-refractivity contribution is 0.442. The molecule has 2 nitrogen and oxygen atoms in total. The highest BCUT2D eigenvalue weighted by Gasteiger charge is 2.22. The Labute approximate surface area is 63.3 Å². The minimum absolute atomic E-state index is 0.0863. The van der Waals surface area contributed by atoms with Crippen LogP contribution in [-0.2, 0) is 0 Å². The van der Waals surface area contributed by atoms with E-state index in [1.165, 1.54) is 0 Å². The van der Waals surface area contributed by atoms with E-state index in [1.54, 1.807) is 0 Å². The first-order valence-electron chi connectivity index (χ1n) is 2.89. The van der Waals surface area contributed by atoms with Crippen molar-refractivity contribution in [1.82, 2.24) is 5.32 Å². The monoisotopic (exact) mass is 226 g/mol. The normalized spacial score (nSPS) is 27.8. The fourth-order valence-corrected chi connectivity index (χ4v) is 1.38. The number of nitrogens with two attached hydrogens (primary N) is 1. The fourth-order valence-electron chi connectivity index (χ4n) is 0.842. The van der Waals surface area contributed by atoms with Gasteiger partial charge in [0.05, 0.1) is 3.55 Å². The molecule has 3 N–H and O–H groups in total. The van der Waals surface area contributed by atoms with Crippen LogP contribution in [0.4, 0.5) is 0 Å². The van der Waals surface area contributed by atoms with Crippen LogP contribution < -0.4 is 11.1 Å². The van der Waals surface area contributed by atoms with Gasteiger partial charge in [-0.25, -0.2) is 0 Å². The first kappa shape index (κ1) is 6.77. The zero-order chi connectivity index (χ0) is 6.04. The third kappa shape index (κ3) is 1.87. The second kappa shape index (κ2) is 2.49. The largest absolute Gasteiger partial charge is 0.317 e. The summed E-state index contributed by atoms with van der Waals surface area (Å²) in [6.45, 7) is 2.17. The van der Waals surface area contributed by atoms with E-state index in [0.29, 0.717) is 0 Å². The number of hydrogen-bond donors (Lipinski definition) is 2. The summed E-state index contributed by atoms with van der Waals surface area (Å²) in [5.74, 6) is 0. The zero-order valence-electron chi connectivity index (χ0n) is 4.78. The van der Waals surface area contributed by atoms with Crippen LogP contribution >= 0.6 is 22.6 Å². The fraction of sp³-hybridized carbons (Fsp3) is 1.00. The van der Waals surface area contributed by atoms with E-state index < -0.39 is 0 Å². The molecular weight excluding hydrogens is 215 g/mol. The van der Waals surface area contributed by atoms with Gasteiger partial charge in [-0.15, -0.1) is 0 Å². The van der Waals surface area contributed by atoms with E-state index in [-0.39, 0.29) is 3.55 Å². The predicted octanol–water partition coefficient (Wildman–Crippen LogP) is 0.460. The number of rotatable bonds is 0. The van der Waals surface area contributed by atoms with Crippen LogP contribution in [0, 0.1) is 0 Å². The molecule has 0 aromatic carbocycles. The highest BCUT2D eigenvalue weighted by Crippen LogP contribution is 2.21. The number of piperidine rings is 1. The summed E-state index contributed by atoms with van der Waals surface area (Å²) < 4.78 is 0.0863. The lowest BCUT2D eigenvalue weighted by atomic mass is 10.1. The summed E-state index contributed by atoms with van der Waals surface area (Å²) >= 11 is 2.33. The van der Waals surface area contributed by atoms with Crippen molar-refractivity contribution in [3.8, 4) is 0 Å². The van der Waals surface area contributed by atoms with Crippen molar-refractivity contribution in [3.63, 3.8) is 0 Å². The highest BCUT2D eigenvalue weighted by molar-refractivity contribution is 14.1. The van der Waals surface area contributed by atoms with E-state index in [0.717, 1.165) is 25.9 Å². The second-order valence-electron chi connectivity index (χ2n) is 2.28. The summed E-state index contributed by atoms with van der Waals surface area (Å²) in [5, 5.41) is 3.26. The number of nitrogens with one attached hydrogen (secondary N) is 1. The molecule has 0 atom stereocenters. The second-order valence-corrected chi connectivity index (χ2v) is 4.43. The molecule has 48 valence electrons. The molecule has 0 aliphatic carbocycles. The minimum Gasteiger partial charge on any atom is -0.317 e. The van der Waals surface area contributed by atoms with Crippen LogP contribution in [-0.4, -0.2) is 16.6 Å². The average Bonchev–Trinajstić information content (AvgIpc) is 1.65. The van der Waals surface area contributed by atoms with Crippen molar-refractivity contribution >= 4 is 22.6 Å². The molecule has 1 rings (SSSR count). The molecule has 3 heteroatoms. The van der Waals surface area contributed by atoms with Crippen LogP contribution in [0.25, 0.3) is 0 Å². The van der Waals surface area contributed by atoms with Crippen LogP contribution in [0.2, 0.25) is 0 Å². The Morgan fingerprint density at radius 3 is 2.12 bits per heavy atom. The Hall–Kier alpha value is 0.650. The molecule has 0 aromatic rings. The number of halogens is 1. The van der Waals surface area contributed by atoms with Gasteiger partial charge < -0.3 is 11.1 Å². The Morgan fingerprint density at radius 2 is 1.88 bits per heavy atom. The smallest absolute Gasteiger partial charge is 0.0704 e. The van der Waals surface area contributed by atoms with Gasteiger partial charge in [0.2, 0.25) is 0 Å². The molecule has 0 saturated carbocycles. The lowest BCUT2D eigenvalue weighted by Crippen LogP contribution is -2.43. The Balaban J connectivity index is 2.33. The van der Waals surface area contributed by atoms with Gasteiger partial charge in [0.1, 0.15) is 0 Å². The van der Waals surface area contributed by atoms with Gasteiger partial charge in [-0.1, -0.05) is 22.6 Å². The van der Waals surface area contributed by atoms with Gasteiger partial charge in [-0.3, -0.25) is 0 Å². The molecule has 0 aromatic heterocycles. The molecule has 1 heterocycles. The van der Waals surface area contributed by atoms with Crippen molar-refractivity contribution in [2.24, 2.45) is 5.73 Å². The molecule has 0 unspecified atom stereocenters. The van der Waals surface area contributed by atoms with Gasteiger partial charge in [0.25, 0.3) is 0 Å². The first-order chi connectivity index (χ1) is 3.71. The molecule has 1 aliphatic rings. The summed E-state index contributed by atoms with van der Waals surface area (Å²) in [5.41, 5.74) is 5.82. The first-order valence-corrected chi connectivity index (χ1v) is 3.97. The Kier molecular flexibility index (Phi) is 2.11. The van der Waals surface area contributed by atoms with Crippen LogP contribution in [0.15, 0.2) is 0 Å². The van der Waals surface area contributed by atoms with Gasteiger partial charge in [0.15, 0.2) is 0 Å². The third-order valence-corrected chi connectivity index (χ3v) is 2.51. The average molecular weight is 226 g/mol. The van der Waals surface area contributed by atoms with Crippen molar-refractivity contribution in [1.29, 1.82) is 0 Å². The van der Waals surface area contributed by atoms with E-state index in [1.807, 2.05) is 0 Å². The molecule has 1 fully saturated rings. The Bertz CT molecular complexity index is 74.5. The van der Waals surface area contributed by atoms with Crippen molar-refractivity contribution in [2.75, 3.05) is 13.1 Å². The van der Waals surface area contributed by atoms with Crippen molar-refractivity contribution in [2.45, 2.75) is 16.4 Å².